The normalized spacial score (nSPS) is 26.5. The first-order chi connectivity index (χ1) is 8.19. The lowest BCUT2D eigenvalue weighted by molar-refractivity contribution is 0.354. The van der Waals surface area contributed by atoms with Gasteiger partial charge in [-0.05, 0) is 43.9 Å². The third kappa shape index (κ3) is 3.36. The summed E-state index contributed by atoms with van der Waals surface area (Å²) in [5, 5.41) is 3.59. The van der Waals surface area contributed by atoms with Crippen LogP contribution in [0, 0.1) is 11.8 Å². The van der Waals surface area contributed by atoms with Gasteiger partial charge in [0, 0.05) is 26.2 Å². The first kappa shape index (κ1) is 12.7. The van der Waals surface area contributed by atoms with E-state index in [4.69, 9.17) is 0 Å². The molecule has 1 saturated heterocycles. The Morgan fingerprint density at radius 3 is 2.65 bits per heavy atom. The summed E-state index contributed by atoms with van der Waals surface area (Å²) in [6.45, 7) is 7.03. The Morgan fingerprint density at radius 2 is 2.12 bits per heavy atom. The highest BCUT2D eigenvalue weighted by atomic mass is 15.3. The second-order valence-corrected chi connectivity index (χ2v) is 6.05. The molecule has 0 radical (unpaired) electrons. The lowest BCUT2D eigenvalue weighted by Gasteiger charge is -2.31. The fraction of sp³-hybridized carbons (Fsp3) is 0.929. The van der Waals surface area contributed by atoms with Crippen LogP contribution in [0.1, 0.15) is 46.0 Å². The smallest absolute Gasteiger partial charge is 0.193 e. The maximum absolute atomic E-state index is 4.44. The number of likely N-dealkylation sites (tertiary alicyclic amines) is 1. The third-order valence-corrected chi connectivity index (χ3v) is 4.04. The molecule has 2 fully saturated rings. The molecule has 3 heteroatoms. The fourth-order valence-electron chi connectivity index (χ4n) is 2.92. The Hall–Kier alpha value is -0.730. The van der Waals surface area contributed by atoms with Gasteiger partial charge in [0.2, 0.25) is 0 Å². The van der Waals surface area contributed by atoms with E-state index in [0.717, 1.165) is 17.8 Å². The van der Waals surface area contributed by atoms with E-state index in [2.05, 4.69) is 29.1 Å². The minimum Gasteiger partial charge on any atom is -0.354 e. The van der Waals surface area contributed by atoms with Crippen LogP contribution in [-0.2, 0) is 0 Å². The van der Waals surface area contributed by atoms with Crippen molar-refractivity contribution >= 4 is 5.96 Å². The second-order valence-electron chi connectivity index (χ2n) is 6.05. The molecule has 2 rings (SSSR count). The van der Waals surface area contributed by atoms with Gasteiger partial charge in [0.1, 0.15) is 0 Å². The Morgan fingerprint density at radius 1 is 1.35 bits per heavy atom. The number of rotatable bonds is 3. The summed E-state index contributed by atoms with van der Waals surface area (Å²) in [6, 6.07) is 0.692. The summed E-state index contributed by atoms with van der Waals surface area (Å²) in [6.07, 6.45) is 6.72. The number of hydrogen-bond donors (Lipinski definition) is 1. The van der Waals surface area contributed by atoms with Crippen molar-refractivity contribution in [2.75, 3.05) is 20.1 Å². The highest BCUT2D eigenvalue weighted by molar-refractivity contribution is 5.80. The van der Waals surface area contributed by atoms with E-state index in [1.54, 1.807) is 0 Å². The number of hydrogen-bond acceptors (Lipinski definition) is 1. The first-order valence-corrected chi connectivity index (χ1v) is 7.17. The molecule has 0 spiro atoms. The first-order valence-electron chi connectivity index (χ1n) is 7.17. The maximum atomic E-state index is 4.44. The molecule has 1 aliphatic carbocycles. The van der Waals surface area contributed by atoms with Crippen molar-refractivity contribution < 1.29 is 0 Å². The highest BCUT2D eigenvalue weighted by Crippen LogP contribution is 2.24. The van der Waals surface area contributed by atoms with Gasteiger partial charge in [-0.25, -0.2) is 0 Å². The lowest BCUT2D eigenvalue weighted by Crippen LogP contribution is -2.47. The van der Waals surface area contributed by atoms with Gasteiger partial charge >= 0.3 is 0 Å². The van der Waals surface area contributed by atoms with Gasteiger partial charge in [0.15, 0.2) is 5.96 Å². The zero-order valence-corrected chi connectivity index (χ0v) is 11.6. The van der Waals surface area contributed by atoms with E-state index in [1.807, 2.05) is 7.05 Å². The predicted octanol–water partition coefficient (Wildman–Crippen LogP) is 2.48. The molecule has 0 amide bonds. The van der Waals surface area contributed by atoms with E-state index in [1.165, 1.54) is 45.2 Å². The van der Waals surface area contributed by atoms with Crippen LogP contribution in [0.5, 0.6) is 0 Å². The third-order valence-electron chi connectivity index (χ3n) is 4.04. The Bertz CT molecular complexity index is 269. The van der Waals surface area contributed by atoms with Crippen molar-refractivity contribution in [2.24, 2.45) is 16.8 Å². The van der Waals surface area contributed by atoms with Crippen LogP contribution in [0.2, 0.25) is 0 Å². The molecule has 1 heterocycles. The monoisotopic (exact) mass is 237 g/mol. The summed E-state index contributed by atoms with van der Waals surface area (Å²) in [7, 11) is 1.91. The number of guanidine groups is 1. The van der Waals surface area contributed by atoms with E-state index < -0.39 is 0 Å². The van der Waals surface area contributed by atoms with Crippen LogP contribution in [0.4, 0.5) is 0 Å². The average Bonchev–Trinajstić information content (AvgIpc) is 2.64. The van der Waals surface area contributed by atoms with Crippen LogP contribution in [0.25, 0.3) is 0 Å². The van der Waals surface area contributed by atoms with Gasteiger partial charge < -0.3 is 10.2 Å². The Labute approximate surface area is 106 Å². The number of nitrogens with zero attached hydrogens (tertiary/aromatic N) is 2. The van der Waals surface area contributed by atoms with E-state index in [-0.39, 0.29) is 0 Å². The molecule has 1 N–H and O–H groups in total. The lowest BCUT2D eigenvalue weighted by atomic mass is 9.93. The molecule has 17 heavy (non-hydrogen) atoms. The van der Waals surface area contributed by atoms with E-state index in [9.17, 15) is 0 Å². The second kappa shape index (κ2) is 5.74. The summed E-state index contributed by atoms with van der Waals surface area (Å²) in [5.41, 5.74) is 0. The van der Waals surface area contributed by atoms with Crippen molar-refractivity contribution in [1.82, 2.24) is 10.2 Å². The molecule has 0 aromatic heterocycles. The van der Waals surface area contributed by atoms with Crippen LogP contribution < -0.4 is 5.32 Å². The molecule has 1 atom stereocenters. The van der Waals surface area contributed by atoms with Crippen LogP contribution in [-0.4, -0.2) is 37.0 Å². The van der Waals surface area contributed by atoms with Crippen LogP contribution in [0.15, 0.2) is 4.99 Å². The molecule has 0 bridgehead atoms. The standard InChI is InChI=1S/C14H27N3/c1-11(2)9-12-7-8-17(10-12)14(15-3)16-13-5-4-6-13/h11-13H,4-10H2,1-3H3,(H,15,16). The van der Waals surface area contributed by atoms with Crippen molar-refractivity contribution in [3.8, 4) is 0 Å². The summed E-state index contributed by atoms with van der Waals surface area (Å²) < 4.78 is 0. The zero-order valence-electron chi connectivity index (χ0n) is 11.6. The molecule has 1 unspecified atom stereocenters. The van der Waals surface area contributed by atoms with E-state index >= 15 is 0 Å². The van der Waals surface area contributed by atoms with Gasteiger partial charge in [-0.15, -0.1) is 0 Å². The average molecular weight is 237 g/mol. The minimum atomic E-state index is 0.692. The Balaban J connectivity index is 1.80. The minimum absolute atomic E-state index is 0.692. The largest absolute Gasteiger partial charge is 0.354 e. The summed E-state index contributed by atoms with van der Waals surface area (Å²) >= 11 is 0. The van der Waals surface area contributed by atoms with Gasteiger partial charge in [-0.2, -0.15) is 0 Å². The summed E-state index contributed by atoms with van der Waals surface area (Å²) in [4.78, 5) is 6.89. The van der Waals surface area contributed by atoms with Crippen molar-refractivity contribution in [1.29, 1.82) is 0 Å². The quantitative estimate of drug-likeness (QED) is 0.603. The SMILES string of the molecule is CN=C(NC1CCC1)N1CCC(CC(C)C)C1. The maximum Gasteiger partial charge on any atom is 0.193 e. The highest BCUT2D eigenvalue weighted by Gasteiger charge is 2.27. The van der Waals surface area contributed by atoms with Crippen LogP contribution >= 0.6 is 0 Å². The van der Waals surface area contributed by atoms with E-state index in [0.29, 0.717) is 6.04 Å². The van der Waals surface area contributed by atoms with Gasteiger partial charge in [0.05, 0.1) is 0 Å². The van der Waals surface area contributed by atoms with Gasteiger partial charge in [-0.1, -0.05) is 13.8 Å². The van der Waals surface area contributed by atoms with Crippen molar-refractivity contribution in [3.63, 3.8) is 0 Å². The molecule has 98 valence electrons. The van der Waals surface area contributed by atoms with Crippen LogP contribution in [0.3, 0.4) is 0 Å². The van der Waals surface area contributed by atoms with Crippen molar-refractivity contribution in [3.05, 3.63) is 0 Å². The van der Waals surface area contributed by atoms with Gasteiger partial charge in [-0.3, -0.25) is 4.99 Å². The number of nitrogens with one attached hydrogen (secondary N) is 1. The number of aliphatic imine (C=N–C) groups is 1. The molecular weight excluding hydrogens is 210 g/mol. The zero-order chi connectivity index (χ0) is 12.3. The molecule has 0 aromatic carbocycles. The fourth-order valence-corrected chi connectivity index (χ4v) is 2.92. The topological polar surface area (TPSA) is 27.6 Å². The summed E-state index contributed by atoms with van der Waals surface area (Å²) in [5.74, 6) is 2.83. The molecule has 0 aromatic rings. The van der Waals surface area contributed by atoms with Crippen molar-refractivity contribution in [2.45, 2.75) is 52.0 Å². The molecule has 1 saturated carbocycles. The molecule has 3 nitrogen and oxygen atoms in total. The molecule has 1 aliphatic heterocycles. The van der Waals surface area contributed by atoms with Gasteiger partial charge in [0.25, 0.3) is 0 Å². The Kier molecular flexibility index (Phi) is 4.30. The molecule has 2 aliphatic rings. The predicted molar refractivity (Wildman–Crippen MR) is 73.3 cm³/mol. The molecular formula is C14H27N3.